The zero-order valence-corrected chi connectivity index (χ0v) is 10.8. The summed E-state index contributed by atoms with van der Waals surface area (Å²) in [5, 5.41) is 0. The minimum absolute atomic E-state index is 0.713. The molecular formula is C15H24N+. The van der Waals surface area contributed by atoms with E-state index in [1.807, 2.05) is 0 Å². The highest BCUT2D eigenvalue weighted by Gasteiger charge is 2.36. The van der Waals surface area contributed by atoms with Crippen molar-refractivity contribution < 1.29 is 4.57 Å². The first-order chi connectivity index (χ1) is 7.68. The summed E-state index contributed by atoms with van der Waals surface area (Å²) in [5.41, 5.74) is 0. The molecule has 0 N–H and O–H groups in total. The zero-order valence-electron chi connectivity index (χ0n) is 10.8. The van der Waals surface area contributed by atoms with Crippen molar-refractivity contribution in [3.8, 4) is 0 Å². The number of hydrogen-bond donors (Lipinski definition) is 0. The molecule has 2 rings (SSSR count). The van der Waals surface area contributed by atoms with Crippen LogP contribution in [0.5, 0.6) is 0 Å². The van der Waals surface area contributed by atoms with Crippen molar-refractivity contribution in [3.05, 3.63) is 30.6 Å². The third-order valence-corrected chi connectivity index (χ3v) is 4.11. The molecule has 1 aromatic heterocycles. The van der Waals surface area contributed by atoms with Crippen LogP contribution in [-0.4, -0.2) is 0 Å². The van der Waals surface area contributed by atoms with E-state index in [-0.39, 0.29) is 0 Å². The summed E-state index contributed by atoms with van der Waals surface area (Å²) in [5.74, 6) is 2.53. The maximum Gasteiger partial charge on any atom is 0.169 e. The van der Waals surface area contributed by atoms with Gasteiger partial charge in [-0.05, 0) is 24.7 Å². The van der Waals surface area contributed by atoms with Gasteiger partial charge in [-0.1, -0.05) is 26.8 Å². The molecule has 1 heterocycles. The second kappa shape index (κ2) is 4.99. The van der Waals surface area contributed by atoms with Crippen molar-refractivity contribution >= 4 is 0 Å². The Labute approximate surface area is 99.5 Å². The number of aromatic nitrogens is 1. The highest BCUT2D eigenvalue weighted by Crippen LogP contribution is 2.37. The normalized spacial score (nSPS) is 30.6. The second-order valence-corrected chi connectivity index (χ2v) is 5.72. The Morgan fingerprint density at radius 1 is 1.06 bits per heavy atom. The molecule has 0 saturated heterocycles. The molecule has 1 nitrogen and oxygen atoms in total. The van der Waals surface area contributed by atoms with E-state index in [0.717, 1.165) is 17.8 Å². The Morgan fingerprint density at radius 3 is 2.38 bits per heavy atom. The molecule has 1 heteroatoms. The van der Waals surface area contributed by atoms with Crippen molar-refractivity contribution in [2.75, 3.05) is 0 Å². The van der Waals surface area contributed by atoms with Crippen LogP contribution in [0.1, 0.15) is 46.1 Å². The minimum Gasteiger partial charge on any atom is -0.202 e. The van der Waals surface area contributed by atoms with Crippen molar-refractivity contribution in [1.82, 2.24) is 0 Å². The van der Waals surface area contributed by atoms with E-state index in [4.69, 9.17) is 0 Å². The molecule has 0 spiro atoms. The van der Waals surface area contributed by atoms with Crippen LogP contribution in [0.25, 0.3) is 0 Å². The number of rotatable bonds is 2. The third-order valence-electron chi connectivity index (χ3n) is 4.11. The Kier molecular flexibility index (Phi) is 3.63. The van der Waals surface area contributed by atoms with Crippen molar-refractivity contribution in [3.63, 3.8) is 0 Å². The van der Waals surface area contributed by atoms with Gasteiger partial charge in [-0.25, -0.2) is 4.57 Å². The van der Waals surface area contributed by atoms with Crippen molar-refractivity contribution in [2.45, 2.75) is 46.1 Å². The Bertz CT molecular complexity index is 317. The molecule has 1 aliphatic carbocycles. The van der Waals surface area contributed by atoms with Crippen LogP contribution in [0.4, 0.5) is 0 Å². The van der Waals surface area contributed by atoms with Gasteiger partial charge < -0.3 is 0 Å². The monoisotopic (exact) mass is 218 g/mol. The summed E-state index contributed by atoms with van der Waals surface area (Å²) in [6.45, 7) is 7.14. The molecule has 0 bridgehead atoms. The lowest BCUT2D eigenvalue weighted by molar-refractivity contribution is -0.734. The Morgan fingerprint density at radius 2 is 1.75 bits per heavy atom. The third kappa shape index (κ3) is 2.45. The van der Waals surface area contributed by atoms with Crippen LogP contribution < -0.4 is 4.57 Å². The minimum atomic E-state index is 0.713. The Balaban J connectivity index is 2.21. The van der Waals surface area contributed by atoms with Gasteiger partial charge in [0.1, 0.15) is 0 Å². The molecule has 3 atom stereocenters. The molecule has 1 aromatic rings. The van der Waals surface area contributed by atoms with E-state index in [9.17, 15) is 0 Å². The number of nitrogens with zero attached hydrogens (tertiary/aromatic N) is 1. The molecule has 88 valence electrons. The quantitative estimate of drug-likeness (QED) is 0.668. The summed E-state index contributed by atoms with van der Waals surface area (Å²) >= 11 is 0. The highest BCUT2D eigenvalue weighted by molar-refractivity contribution is 4.86. The topological polar surface area (TPSA) is 3.88 Å². The Hall–Kier alpha value is -0.850. The van der Waals surface area contributed by atoms with Gasteiger partial charge in [-0.15, -0.1) is 0 Å². The fourth-order valence-corrected chi connectivity index (χ4v) is 3.13. The molecule has 3 unspecified atom stereocenters. The average molecular weight is 218 g/mol. The van der Waals surface area contributed by atoms with E-state index >= 15 is 0 Å². The molecular weight excluding hydrogens is 194 g/mol. The van der Waals surface area contributed by atoms with Gasteiger partial charge in [0.05, 0.1) is 0 Å². The summed E-state index contributed by atoms with van der Waals surface area (Å²) in [7, 11) is 0. The second-order valence-electron chi connectivity index (χ2n) is 5.72. The molecule has 16 heavy (non-hydrogen) atoms. The molecule has 0 aliphatic heterocycles. The average Bonchev–Trinajstić information content (AvgIpc) is 2.29. The summed E-state index contributed by atoms with van der Waals surface area (Å²) < 4.78 is 2.43. The summed E-state index contributed by atoms with van der Waals surface area (Å²) in [6, 6.07) is 7.12. The van der Waals surface area contributed by atoms with Gasteiger partial charge in [0, 0.05) is 24.5 Å². The van der Waals surface area contributed by atoms with Gasteiger partial charge in [0.2, 0.25) is 0 Å². The first-order valence-corrected chi connectivity index (χ1v) is 6.64. The maximum absolute atomic E-state index is 2.43. The molecule has 1 saturated carbocycles. The van der Waals surface area contributed by atoms with Crippen LogP contribution in [0, 0.1) is 17.8 Å². The first kappa shape index (κ1) is 11.6. The number of pyridine rings is 1. The lowest BCUT2D eigenvalue weighted by Crippen LogP contribution is -2.47. The smallest absolute Gasteiger partial charge is 0.169 e. The standard InChI is InChI=1S/C15H24N/c1-12(2)14-8-7-13(3)11-15(14)16-9-5-4-6-10-16/h4-6,9-10,12-15H,7-8,11H2,1-3H3/q+1. The van der Waals surface area contributed by atoms with Gasteiger partial charge in [-0.3, -0.25) is 0 Å². The molecule has 1 aliphatic rings. The lowest BCUT2D eigenvalue weighted by atomic mass is 9.74. The maximum atomic E-state index is 2.43. The van der Waals surface area contributed by atoms with Crippen LogP contribution in [0.3, 0.4) is 0 Å². The van der Waals surface area contributed by atoms with Crippen LogP contribution >= 0.6 is 0 Å². The number of hydrogen-bond acceptors (Lipinski definition) is 0. The summed E-state index contributed by atoms with van der Waals surface area (Å²) in [6.07, 6.45) is 8.62. The van der Waals surface area contributed by atoms with E-state index in [2.05, 4.69) is 55.9 Å². The molecule has 0 amide bonds. The predicted octanol–water partition coefficient (Wildman–Crippen LogP) is 3.61. The van der Waals surface area contributed by atoms with Gasteiger partial charge >= 0.3 is 0 Å². The molecule has 0 aromatic carbocycles. The fourth-order valence-electron chi connectivity index (χ4n) is 3.13. The fraction of sp³-hybridized carbons (Fsp3) is 0.667. The van der Waals surface area contributed by atoms with E-state index < -0.39 is 0 Å². The van der Waals surface area contributed by atoms with Crippen LogP contribution in [0.15, 0.2) is 30.6 Å². The van der Waals surface area contributed by atoms with Gasteiger partial charge in [0.25, 0.3) is 0 Å². The van der Waals surface area contributed by atoms with E-state index in [1.54, 1.807) is 0 Å². The summed E-state index contributed by atoms with van der Waals surface area (Å²) in [4.78, 5) is 0. The molecule has 0 radical (unpaired) electrons. The zero-order chi connectivity index (χ0) is 11.5. The highest BCUT2D eigenvalue weighted by atomic mass is 15.0. The SMILES string of the molecule is CC1CCC(C(C)C)C([n+]2ccccc2)C1. The molecule has 1 fully saturated rings. The van der Waals surface area contributed by atoms with Gasteiger partial charge in [-0.2, -0.15) is 0 Å². The largest absolute Gasteiger partial charge is 0.202 e. The van der Waals surface area contributed by atoms with Crippen molar-refractivity contribution in [2.24, 2.45) is 17.8 Å². The van der Waals surface area contributed by atoms with Crippen molar-refractivity contribution in [1.29, 1.82) is 0 Å². The lowest BCUT2D eigenvalue weighted by Gasteiger charge is -2.33. The van der Waals surface area contributed by atoms with Gasteiger partial charge in [0.15, 0.2) is 18.4 Å². The van der Waals surface area contributed by atoms with Crippen LogP contribution in [0.2, 0.25) is 0 Å². The first-order valence-electron chi connectivity index (χ1n) is 6.64. The van der Waals surface area contributed by atoms with Crippen LogP contribution in [-0.2, 0) is 0 Å². The van der Waals surface area contributed by atoms with E-state index in [0.29, 0.717) is 6.04 Å². The predicted molar refractivity (Wildman–Crippen MR) is 67.0 cm³/mol. The van der Waals surface area contributed by atoms with E-state index in [1.165, 1.54) is 19.3 Å².